The molecule has 0 spiro atoms. The van der Waals surface area contributed by atoms with E-state index in [1.165, 1.54) is 0 Å². The van der Waals surface area contributed by atoms with E-state index in [1.807, 2.05) is 39.0 Å². The zero-order valence-corrected chi connectivity index (χ0v) is 16.3. The molecule has 1 aromatic carbocycles. The molecule has 4 rings (SSSR count). The number of hydrogen-bond donors (Lipinski definition) is 2. The molecule has 3 heterocycles. The van der Waals surface area contributed by atoms with E-state index in [4.69, 9.17) is 4.74 Å². The summed E-state index contributed by atoms with van der Waals surface area (Å²) in [4.78, 5) is 31.4. The second-order valence-corrected chi connectivity index (χ2v) is 8.44. The van der Waals surface area contributed by atoms with Gasteiger partial charge in [0, 0.05) is 23.0 Å². The van der Waals surface area contributed by atoms with Crippen LogP contribution in [-0.2, 0) is 20.7 Å². The molecule has 3 atom stereocenters. The van der Waals surface area contributed by atoms with Crippen molar-refractivity contribution in [3.63, 3.8) is 0 Å². The molecule has 6 nitrogen and oxygen atoms in total. The van der Waals surface area contributed by atoms with Crippen LogP contribution in [0.25, 0.3) is 10.9 Å². The van der Waals surface area contributed by atoms with Crippen molar-refractivity contribution in [3.8, 4) is 0 Å². The zero-order chi connectivity index (χ0) is 19.3. The largest absolute Gasteiger partial charge is 0.373 e. The number of aromatic amines is 1. The van der Waals surface area contributed by atoms with Gasteiger partial charge in [-0.15, -0.1) is 0 Å². The zero-order valence-electron chi connectivity index (χ0n) is 16.3. The van der Waals surface area contributed by atoms with E-state index in [0.29, 0.717) is 6.42 Å². The van der Waals surface area contributed by atoms with E-state index in [-0.39, 0.29) is 30.1 Å². The van der Waals surface area contributed by atoms with Crippen molar-refractivity contribution in [3.05, 3.63) is 35.5 Å². The van der Waals surface area contributed by atoms with Gasteiger partial charge in [0.1, 0.15) is 12.1 Å². The standard InChI is InChI=1S/C21H27N3O3/c1-5-16-18-13(12-8-6-7-9-14(12)22-18)10-17-19(25)23-15(20(26)24(16)17)11-27-21(2,3)4/h6-9,15-17,22H,5,10-11H2,1-4H3,(H,23,25)/t15?,16?,17-/m0/s1. The smallest absolute Gasteiger partial charge is 0.248 e. The number of piperazine rings is 1. The lowest BCUT2D eigenvalue weighted by molar-refractivity contribution is -0.156. The normalized spacial score (nSPS) is 25.3. The first kappa shape index (κ1) is 18.0. The average molecular weight is 369 g/mol. The highest BCUT2D eigenvalue weighted by atomic mass is 16.5. The number of rotatable bonds is 3. The second-order valence-electron chi connectivity index (χ2n) is 8.44. The molecule has 2 aliphatic heterocycles. The van der Waals surface area contributed by atoms with Gasteiger partial charge in [0.2, 0.25) is 11.8 Å². The van der Waals surface area contributed by atoms with E-state index >= 15 is 0 Å². The van der Waals surface area contributed by atoms with Crippen LogP contribution in [0.5, 0.6) is 0 Å². The number of aromatic nitrogens is 1. The Labute approximate surface area is 159 Å². The first-order valence-electron chi connectivity index (χ1n) is 9.66. The summed E-state index contributed by atoms with van der Waals surface area (Å²) in [6.07, 6.45) is 1.29. The Morgan fingerprint density at radius 3 is 2.67 bits per heavy atom. The molecule has 0 bridgehead atoms. The van der Waals surface area contributed by atoms with Crippen molar-refractivity contribution >= 4 is 22.7 Å². The number of ether oxygens (including phenoxy) is 1. The van der Waals surface area contributed by atoms with Crippen LogP contribution in [0.2, 0.25) is 0 Å². The maximum atomic E-state index is 13.2. The quantitative estimate of drug-likeness (QED) is 0.874. The Hall–Kier alpha value is -2.34. The third kappa shape index (κ3) is 3.02. The van der Waals surface area contributed by atoms with Gasteiger partial charge in [-0.2, -0.15) is 0 Å². The lowest BCUT2D eigenvalue weighted by atomic mass is 9.87. The first-order valence-corrected chi connectivity index (χ1v) is 9.66. The van der Waals surface area contributed by atoms with E-state index in [9.17, 15) is 9.59 Å². The highest BCUT2D eigenvalue weighted by Crippen LogP contribution is 2.40. The molecule has 2 aliphatic rings. The number of para-hydroxylation sites is 1. The summed E-state index contributed by atoms with van der Waals surface area (Å²) < 4.78 is 5.78. The number of carbonyl (C=O) groups is 2. The van der Waals surface area contributed by atoms with Gasteiger partial charge < -0.3 is 19.9 Å². The molecule has 1 aromatic heterocycles. The monoisotopic (exact) mass is 369 g/mol. The third-order valence-electron chi connectivity index (χ3n) is 5.49. The van der Waals surface area contributed by atoms with Crippen molar-refractivity contribution in [2.45, 2.75) is 64.3 Å². The highest BCUT2D eigenvalue weighted by molar-refractivity contribution is 5.99. The van der Waals surface area contributed by atoms with E-state index < -0.39 is 12.1 Å². The van der Waals surface area contributed by atoms with Gasteiger partial charge in [-0.1, -0.05) is 25.1 Å². The van der Waals surface area contributed by atoms with E-state index in [2.05, 4.69) is 23.3 Å². The molecular formula is C21H27N3O3. The molecule has 1 fully saturated rings. The van der Waals surface area contributed by atoms with Gasteiger partial charge in [-0.05, 0) is 38.8 Å². The van der Waals surface area contributed by atoms with E-state index in [1.54, 1.807) is 4.90 Å². The predicted octanol–water partition coefficient (Wildman–Crippen LogP) is 2.69. The maximum Gasteiger partial charge on any atom is 0.248 e. The average Bonchev–Trinajstić information content (AvgIpc) is 2.99. The Balaban J connectivity index is 1.71. The summed E-state index contributed by atoms with van der Waals surface area (Å²) >= 11 is 0. The van der Waals surface area contributed by atoms with Crippen LogP contribution < -0.4 is 5.32 Å². The Morgan fingerprint density at radius 1 is 1.22 bits per heavy atom. The Kier molecular flexibility index (Phi) is 4.26. The van der Waals surface area contributed by atoms with Gasteiger partial charge in [0.05, 0.1) is 18.2 Å². The maximum absolute atomic E-state index is 13.2. The molecule has 6 heteroatoms. The number of nitrogens with zero attached hydrogens (tertiary/aromatic N) is 1. The van der Waals surface area contributed by atoms with Crippen LogP contribution in [-0.4, -0.2) is 46.0 Å². The van der Waals surface area contributed by atoms with Crippen molar-refractivity contribution in [2.75, 3.05) is 6.61 Å². The van der Waals surface area contributed by atoms with Crippen LogP contribution in [0.15, 0.2) is 24.3 Å². The SMILES string of the molecule is CCC1c2[nH]c3ccccc3c2C[C@H]2C(=O)NC(COC(C)(C)C)C(=O)N12. The first-order chi connectivity index (χ1) is 12.8. The van der Waals surface area contributed by atoms with Gasteiger partial charge in [0.15, 0.2) is 0 Å². The Bertz CT molecular complexity index is 896. The van der Waals surface area contributed by atoms with Crippen LogP contribution in [0.1, 0.15) is 51.4 Å². The topological polar surface area (TPSA) is 74.4 Å². The number of fused-ring (bicyclic) bond motifs is 4. The summed E-state index contributed by atoms with van der Waals surface area (Å²) in [5.41, 5.74) is 2.92. The number of hydrogen-bond acceptors (Lipinski definition) is 3. The summed E-state index contributed by atoms with van der Waals surface area (Å²) in [5.74, 6) is -0.147. The van der Waals surface area contributed by atoms with E-state index in [0.717, 1.165) is 28.6 Å². The molecule has 0 aliphatic carbocycles. The fourth-order valence-electron chi connectivity index (χ4n) is 4.26. The molecule has 144 valence electrons. The number of carbonyl (C=O) groups excluding carboxylic acids is 2. The minimum atomic E-state index is -0.632. The van der Waals surface area contributed by atoms with Crippen LogP contribution in [0, 0.1) is 0 Å². The van der Waals surface area contributed by atoms with Crippen molar-refractivity contribution in [1.82, 2.24) is 15.2 Å². The number of benzene rings is 1. The van der Waals surface area contributed by atoms with Crippen LogP contribution in [0.3, 0.4) is 0 Å². The minimum Gasteiger partial charge on any atom is -0.373 e. The summed E-state index contributed by atoms with van der Waals surface area (Å²) in [5, 5.41) is 4.03. The molecule has 1 saturated heterocycles. The lowest BCUT2D eigenvalue weighted by Gasteiger charge is -2.46. The Morgan fingerprint density at radius 2 is 1.96 bits per heavy atom. The molecule has 2 unspecified atom stereocenters. The predicted molar refractivity (Wildman–Crippen MR) is 103 cm³/mol. The van der Waals surface area contributed by atoms with Gasteiger partial charge >= 0.3 is 0 Å². The van der Waals surface area contributed by atoms with Crippen LogP contribution in [0.4, 0.5) is 0 Å². The number of H-pyrrole nitrogens is 1. The molecule has 2 aromatic rings. The molecule has 0 saturated carbocycles. The molecule has 27 heavy (non-hydrogen) atoms. The van der Waals surface area contributed by atoms with Crippen LogP contribution >= 0.6 is 0 Å². The van der Waals surface area contributed by atoms with Crippen molar-refractivity contribution < 1.29 is 14.3 Å². The fourth-order valence-corrected chi connectivity index (χ4v) is 4.26. The van der Waals surface area contributed by atoms with Crippen molar-refractivity contribution in [1.29, 1.82) is 0 Å². The lowest BCUT2D eigenvalue weighted by Crippen LogP contribution is -2.67. The number of amides is 2. The van der Waals surface area contributed by atoms with Gasteiger partial charge in [0.25, 0.3) is 0 Å². The minimum absolute atomic E-state index is 0.0555. The van der Waals surface area contributed by atoms with Gasteiger partial charge in [-0.25, -0.2) is 0 Å². The highest BCUT2D eigenvalue weighted by Gasteiger charge is 2.48. The third-order valence-corrected chi connectivity index (χ3v) is 5.49. The second kappa shape index (κ2) is 6.37. The number of nitrogens with one attached hydrogen (secondary N) is 2. The molecule has 2 N–H and O–H groups in total. The molecule has 2 amide bonds. The summed E-state index contributed by atoms with van der Waals surface area (Å²) in [6, 6.07) is 6.91. The fraction of sp³-hybridized carbons (Fsp3) is 0.524. The van der Waals surface area contributed by atoms with Crippen molar-refractivity contribution in [2.24, 2.45) is 0 Å². The molecular weight excluding hydrogens is 342 g/mol. The molecule has 0 radical (unpaired) electrons. The summed E-state index contributed by atoms with van der Waals surface area (Å²) in [6.45, 7) is 8.07. The van der Waals surface area contributed by atoms with Gasteiger partial charge in [-0.3, -0.25) is 9.59 Å². The summed E-state index contributed by atoms with van der Waals surface area (Å²) in [7, 11) is 0.